The van der Waals surface area contributed by atoms with E-state index in [2.05, 4.69) is 15.8 Å². The highest BCUT2D eigenvalue weighted by atomic mass is 16.5. The van der Waals surface area contributed by atoms with Crippen LogP contribution < -0.4 is 15.5 Å². The number of nitrogens with one attached hydrogen (secondary N) is 2. The van der Waals surface area contributed by atoms with Crippen molar-refractivity contribution in [2.24, 2.45) is 5.10 Å². The van der Waals surface area contributed by atoms with Crippen molar-refractivity contribution >= 4 is 24.1 Å². The maximum atomic E-state index is 11.9. The minimum absolute atomic E-state index is 0.162. The number of rotatable bonds is 7. The van der Waals surface area contributed by atoms with Gasteiger partial charge in [-0.25, -0.2) is 5.43 Å². The maximum Gasteiger partial charge on any atom is 0.259 e. The molecule has 0 atom stereocenters. The van der Waals surface area contributed by atoms with Crippen molar-refractivity contribution < 1.29 is 14.3 Å². The molecule has 2 aromatic rings. The topological polar surface area (TPSA) is 79.8 Å². The molecule has 0 aromatic heterocycles. The molecule has 6 heteroatoms. The Labute approximate surface area is 146 Å². The molecule has 6 nitrogen and oxygen atoms in total. The second-order valence-corrected chi connectivity index (χ2v) is 4.99. The van der Waals surface area contributed by atoms with Gasteiger partial charge in [0.25, 0.3) is 11.8 Å². The lowest BCUT2D eigenvalue weighted by Crippen LogP contribution is -2.34. The predicted molar refractivity (Wildman–Crippen MR) is 97.4 cm³/mol. The van der Waals surface area contributed by atoms with Gasteiger partial charge in [-0.05, 0) is 35.9 Å². The molecule has 128 valence electrons. The highest BCUT2D eigenvalue weighted by Gasteiger charge is 2.07. The van der Waals surface area contributed by atoms with E-state index in [1.54, 1.807) is 37.5 Å². The molecule has 0 aliphatic rings. The van der Waals surface area contributed by atoms with Crippen molar-refractivity contribution in [3.05, 3.63) is 71.8 Å². The molecule has 0 aliphatic heterocycles. The van der Waals surface area contributed by atoms with Gasteiger partial charge in [0.2, 0.25) is 0 Å². The molecule has 2 rings (SSSR count). The first-order valence-corrected chi connectivity index (χ1v) is 7.65. The molecule has 2 amide bonds. The Kier molecular flexibility index (Phi) is 6.94. The molecule has 2 aromatic carbocycles. The summed E-state index contributed by atoms with van der Waals surface area (Å²) in [4.78, 5) is 23.5. The van der Waals surface area contributed by atoms with Crippen LogP contribution in [0, 0.1) is 0 Å². The molecule has 25 heavy (non-hydrogen) atoms. The van der Waals surface area contributed by atoms with Crippen molar-refractivity contribution in [3.63, 3.8) is 0 Å². The van der Waals surface area contributed by atoms with Crippen LogP contribution in [0.5, 0.6) is 5.75 Å². The van der Waals surface area contributed by atoms with Gasteiger partial charge in [0, 0.05) is 11.8 Å². The van der Waals surface area contributed by atoms with Crippen molar-refractivity contribution in [1.29, 1.82) is 0 Å². The van der Waals surface area contributed by atoms with Gasteiger partial charge in [-0.3, -0.25) is 9.59 Å². The SMILES string of the molecule is COc1ccc(C(=O)NCC(=O)N/N=C/C=C/c2ccccc2)cc1. The number of amides is 2. The second-order valence-electron chi connectivity index (χ2n) is 4.99. The molecule has 2 N–H and O–H groups in total. The summed E-state index contributed by atoms with van der Waals surface area (Å²) < 4.78 is 5.02. The molecule has 0 saturated heterocycles. The van der Waals surface area contributed by atoms with Gasteiger partial charge in [0.1, 0.15) is 5.75 Å². The van der Waals surface area contributed by atoms with Crippen LogP contribution in [0.3, 0.4) is 0 Å². The van der Waals surface area contributed by atoms with Crippen LogP contribution in [0.15, 0.2) is 65.8 Å². The number of allylic oxidation sites excluding steroid dienone is 1. The minimum Gasteiger partial charge on any atom is -0.497 e. The fourth-order valence-electron chi connectivity index (χ4n) is 1.92. The lowest BCUT2D eigenvalue weighted by Gasteiger charge is -2.05. The van der Waals surface area contributed by atoms with Crippen LogP contribution in [0.25, 0.3) is 6.08 Å². The minimum atomic E-state index is -0.411. The van der Waals surface area contributed by atoms with Crippen LogP contribution in [-0.4, -0.2) is 31.7 Å². The summed E-state index contributed by atoms with van der Waals surface area (Å²) in [6.45, 7) is -0.162. The van der Waals surface area contributed by atoms with Gasteiger partial charge < -0.3 is 10.1 Å². The van der Waals surface area contributed by atoms with Crippen molar-refractivity contribution in [1.82, 2.24) is 10.7 Å². The smallest absolute Gasteiger partial charge is 0.259 e. The first-order valence-electron chi connectivity index (χ1n) is 7.65. The van der Waals surface area contributed by atoms with Gasteiger partial charge in [-0.2, -0.15) is 5.10 Å². The van der Waals surface area contributed by atoms with E-state index in [-0.39, 0.29) is 12.5 Å². The summed E-state index contributed by atoms with van der Waals surface area (Å²) in [5, 5.41) is 6.30. The zero-order valence-corrected chi connectivity index (χ0v) is 13.8. The lowest BCUT2D eigenvalue weighted by atomic mass is 10.2. The van der Waals surface area contributed by atoms with E-state index in [0.29, 0.717) is 11.3 Å². The molecular formula is C19H19N3O3. The van der Waals surface area contributed by atoms with Crippen LogP contribution in [-0.2, 0) is 4.79 Å². The van der Waals surface area contributed by atoms with E-state index >= 15 is 0 Å². The summed E-state index contributed by atoms with van der Waals surface area (Å²) in [5.74, 6) is -0.0934. The molecule has 0 fully saturated rings. The molecule has 0 radical (unpaired) electrons. The number of methoxy groups -OCH3 is 1. The Hall–Kier alpha value is -3.41. The van der Waals surface area contributed by atoms with Crippen molar-refractivity contribution in [2.45, 2.75) is 0 Å². The van der Waals surface area contributed by atoms with E-state index in [1.165, 1.54) is 6.21 Å². The Morgan fingerprint density at radius 1 is 1.08 bits per heavy atom. The number of hydrazone groups is 1. The maximum absolute atomic E-state index is 11.9. The summed E-state index contributed by atoms with van der Waals surface area (Å²) in [7, 11) is 1.55. The Morgan fingerprint density at radius 3 is 2.48 bits per heavy atom. The van der Waals surface area contributed by atoms with Gasteiger partial charge in [0.05, 0.1) is 13.7 Å². The summed E-state index contributed by atoms with van der Waals surface area (Å²) in [6.07, 6.45) is 5.04. The summed E-state index contributed by atoms with van der Waals surface area (Å²) >= 11 is 0. The van der Waals surface area contributed by atoms with Crippen molar-refractivity contribution in [3.8, 4) is 5.75 Å². The van der Waals surface area contributed by atoms with E-state index in [0.717, 1.165) is 5.56 Å². The third-order valence-electron chi connectivity index (χ3n) is 3.20. The normalized spacial score (nSPS) is 10.8. The molecule has 0 unspecified atom stereocenters. The van der Waals surface area contributed by atoms with E-state index < -0.39 is 5.91 Å². The van der Waals surface area contributed by atoms with E-state index in [1.807, 2.05) is 36.4 Å². The monoisotopic (exact) mass is 337 g/mol. The van der Waals surface area contributed by atoms with Gasteiger partial charge in [-0.1, -0.05) is 36.4 Å². The predicted octanol–water partition coefficient (Wildman–Crippen LogP) is 2.24. The van der Waals surface area contributed by atoms with Gasteiger partial charge >= 0.3 is 0 Å². The van der Waals surface area contributed by atoms with Gasteiger partial charge in [0.15, 0.2) is 0 Å². The van der Waals surface area contributed by atoms with Crippen LogP contribution >= 0.6 is 0 Å². The average molecular weight is 337 g/mol. The molecule has 0 heterocycles. The second kappa shape index (κ2) is 9.67. The first kappa shape index (κ1) is 17.9. The molecule has 0 bridgehead atoms. The van der Waals surface area contributed by atoms with Gasteiger partial charge in [-0.15, -0.1) is 0 Å². The highest BCUT2D eigenvalue weighted by molar-refractivity contribution is 5.96. The molecule has 0 saturated carbocycles. The van der Waals surface area contributed by atoms with E-state index in [9.17, 15) is 9.59 Å². The van der Waals surface area contributed by atoms with Crippen LogP contribution in [0.1, 0.15) is 15.9 Å². The Bertz CT molecular complexity index is 753. The van der Waals surface area contributed by atoms with Crippen LogP contribution in [0.4, 0.5) is 0 Å². The Morgan fingerprint density at radius 2 is 1.80 bits per heavy atom. The zero-order valence-electron chi connectivity index (χ0n) is 13.8. The number of carbonyl (C=O) groups is 2. The number of hydrogen-bond donors (Lipinski definition) is 2. The van der Waals surface area contributed by atoms with E-state index in [4.69, 9.17) is 4.74 Å². The largest absolute Gasteiger partial charge is 0.497 e. The highest BCUT2D eigenvalue weighted by Crippen LogP contribution is 2.10. The number of carbonyl (C=O) groups excluding carboxylic acids is 2. The molecule has 0 spiro atoms. The molecular weight excluding hydrogens is 318 g/mol. The molecule has 0 aliphatic carbocycles. The first-order chi connectivity index (χ1) is 12.2. The summed E-state index contributed by atoms with van der Waals surface area (Å²) in [5.41, 5.74) is 3.82. The quantitative estimate of drug-likeness (QED) is 0.601. The number of nitrogens with zero attached hydrogens (tertiary/aromatic N) is 1. The fraction of sp³-hybridized carbons (Fsp3) is 0.105. The zero-order chi connectivity index (χ0) is 17.9. The number of hydrogen-bond acceptors (Lipinski definition) is 4. The average Bonchev–Trinajstić information content (AvgIpc) is 2.66. The van der Waals surface area contributed by atoms with Crippen molar-refractivity contribution in [2.75, 3.05) is 13.7 Å². The standard InChI is InChI=1S/C19H19N3O3/c1-25-17-11-9-16(10-12-17)19(24)20-14-18(23)22-21-13-5-8-15-6-3-2-4-7-15/h2-13H,14H2,1H3,(H,20,24)(H,22,23)/b8-5+,21-13+. The third kappa shape index (κ3) is 6.31. The number of ether oxygens (including phenoxy) is 1. The van der Waals surface area contributed by atoms with Crippen LogP contribution in [0.2, 0.25) is 0 Å². The third-order valence-corrected chi connectivity index (χ3v) is 3.20. The summed E-state index contributed by atoms with van der Waals surface area (Å²) in [6, 6.07) is 16.3. The fourth-order valence-corrected chi connectivity index (χ4v) is 1.92. The number of benzene rings is 2. The lowest BCUT2D eigenvalue weighted by molar-refractivity contribution is -0.120. The Balaban J connectivity index is 1.71.